The summed E-state index contributed by atoms with van der Waals surface area (Å²) >= 11 is 0. The number of ether oxygens (including phenoxy) is 1. The molecule has 126 valence electrons. The Balaban J connectivity index is 1.65. The van der Waals surface area contributed by atoms with Crippen LogP contribution in [-0.4, -0.2) is 37.1 Å². The molecule has 2 fully saturated rings. The zero-order chi connectivity index (χ0) is 16.3. The maximum absolute atomic E-state index is 13.2. The van der Waals surface area contributed by atoms with Crippen LogP contribution >= 0.6 is 0 Å². The van der Waals surface area contributed by atoms with Crippen LogP contribution in [0.1, 0.15) is 50.5 Å². The highest BCUT2D eigenvalue weighted by Gasteiger charge is 2.46. The Kier molecular flexibility index (Phi) is 5.05. The average Bonchev–Trinajstić information content (AvgIpc) is 2.58. The summed E-state index contributed by atoms with van der Waals surface area (Å²) in [5, 5.41) is 0. The van der Waals surface area contributed by atoms with Crippen LogP contribution < -0.4 is 0 Å². The van der Waals surface area contributed by atoms with E-state index in [0.29, 0.717) is 18.1 Å². The van der Waals surface area contributed by atoms with Crippen molar-refractivity contribution in [3.63, 3.8) is 0 Å². The first-order valence-electron chi connectivity index (χ1n) is 8.98. The number of hydrogen-bond acceptors (Lipinski definition) is 2. The summed E-state index contributed by atoms with van der Waals surface area (Å²) in [7, 11) is 3.81. The first kappa shape index (κ1) is 16.5. The van der Waals surface area contributed by atoms with Gasteiger partial charge in [0.1, 0.15) is 0 Å². The molecule has 1 aromatic carbocycles. The largest absolute Gasteiger partial charge is 0.381 e. The number of carbonyl (C=O) groups is 1. The number of hydrogen-bond donors (Lipinski definition) is 0. The van der Waals surface area contributed by atoms with E-state index in [2.05, 4.69) is 29.2 Å². The Morgan fingerprint density at radius 2 is 1.83 bits per heavy atom. The third-order valence-corrected chi connectivity index (χ3v) is 5.99. The zero-order valence-corrected chi connectivity index (χ0v) is 14.5. The standard InChI is InChI=1S/C20H29NO2/c1-21(17-9-11-18(23-2)12-10-17)19(22)20(13-6-14-20)15-16-7-4-3-5-8-16/h3-5,7-8,17-18H,6,9-15H2,1-2H3. The Labute approximate surface area is 140 Å². The van der Waals surface area contributed by atoms with Crippen LogP contribution in [0.5, 0.6) is 0 Å². The SMILES string of the molecule is COC1CCC(N(C)C(=O)C2(Cc3ccccc3)CCC2)CC1. The van der Waals surface area contributed by atoms with Gasteiger partial charge in [0.05, 0.1) is 11.5 Å². The lowest BCUT2D eigenvalue weighted by atomic mass is 9.64. The van der Waals surface area contributed by atoms with Gasteiger partial charge in [-0.05, 0) is 50.5 Å². The molecular formula is C20H29NO2. The van der Waals surface area contributed by atoms with Crippen LogP contribution in [0.2, 0.25) is 0 Å². The molecule has 1 amide bonds. The van der Waals surface area contributed by atoms with E-state index < -0.39 is 0 Å². The van der Waals surface area contributed by atoms with Gasteiger partial charge in [0.2, 0.25) is 5.91 Å². The van der Waals surface area contributed by atoms with Gasteiger partial charge in [-0.15, -0.1) is 0 Å². The summed E-state index contributed by atoms with van der Waals surface area (Å²) in [6.07, 6.45) is 8.83. The van der Waals surface area contributed by atoms with Crippen molar-refractivity contribution in [2.45, 2.75) is 63.5 Å². The topological polar surface area (TPSA) is 29.5 Å². The summed E-state index contributed by atoms with van der Waals surface area (Å²) in [6.45, 7) is 0. The maximum Gasteiger partial charge on any atom is 0.229 e. The van der Waals surface area contributed by atoms with E-state index >= 15 is 0 Å². The quantitative estimate of drug-likeness (QED) is 0.827. The van der Waals surface area contributed by atoms with E-state index in [0.717, 1.165) is 44.9 Å². The second-order valence-electron chi connectivity index (χ2n) is 7.38. The molecule has 2 saturated carbocycles. The molecule has 23 heavy (non-hydrogen) atoms. The molecule has 0 heterocycles. The number of rotatable bonds is 5. The number of benzene rings is 1. The van der Waals surface area contributed by atoms with Gasteiger partial charge in [-0.25, -0.2) is 0 Å². The van der Waals surface area contributed by atoms with E-state index in [1.54, 1.807) is 7.11 Å². The van der Waals surface area contributed by atoms with Gasteiger partial charge in [-0.1, -0.05) is 36.8 Å². The van der Waals surface area contributed by atoms with E-state index in [1.165, 1.54) is 12.0 Å². The fourth-order valence-corrected chi connectivity index (χ4v) is 4.26. The van der Waals surface area contributed by atoms with Crippen molar-refractivity contribution in [3.8, 4) is 0 Å². The Morgan fingerprint density at radius 3 is 2.35 bits per heavy atom. The van der Waals surface area contributed by atoms with Crippen LogP contribution in [0.25, 0.3) is 0 Å². The summed E-state index contributed by atoms with van der Waals surface area (Å²) < 4.78 is 5.45. The van der Waals surface area contributed by atoms with Gasteiger partial charge >= 0.3 is 0 Å². The van der Waals surface area contributed by atoms with Gasteiger partial charge in [0.25, 0.3) is 0 Å². The summed E-state index contributed by atoms with van der Waals surface area (Å²) in [6, 6.07) is 10.9. The summed E-state index contributed by atoms with van der Waals surface area (Å²) in [5.41, 5.74) is 1.14. The molecule has 2 aliphatic rings. The summed E-state index contributed by atoms with van der Waals surface area (Å²) in [5.74, 6) is 0.369. The highest BCUT2D eigenvalue weighted by Crippen LogP contribution is 2.46. The van der Waals surface area contributed by atoms with Gasteiger partial charge in [-0.2, -0.15) is 0 Å². The van der Waals surface area contributed by atoms with Gasteiger partial charge in [0, 0.05) is 20.2 Å². The molecule has 1 aromatic rings. The van der Waals surface area contributed by atoms with E-state index in [1.807, 2.05) is 13.1 Å². The van der Waals surface area contributed by atoms with E-state index in [4.69, 9.17) is 4.74 Å². The van der Waals surface area contributed by atoms with Crippen molar-refractivity contribution in [2.75, 3.05) is 14.2 Å². The van der Waals surface area contributed by atoms with Crippen molar-refractivity contribution in [2.24, 2.45) is 5.41 Å². The van der Waals surface area contributed by atoms with Crippen LogP contribution in [-0.2, 0) is 16.0 Å². The van der Waals surface area contributed by atoms with Crippen LogP contribution in [0, 0.1) is 5.41 Å². The molecule has 0 aliphatic heterocycles. The highest BCUT2D eigenvalue weighted by molar-refractivity contribution is 5.84. The molecular weight excluding hydrogens is 286 g/mol. The Bertz CT molecular complexity index is 516. The lowest BCUT2D eigenvalue weighted by molar-refractivity contribution is -0.149. The third-order valence-electron chi connectivity index (χ3n) is 5.99. The van der Waals surface area contributed by atoms with Crippen molar-refractivity contribution in [1.82, 2.24) is 4.90 Å². The fraction of sp³-hybridized carbons (Fsp3) is 0.650. The van der Waals surface area contributed by atoms with Gasteiger partial charge in [-0.3, -0.25) is 4.79 Å². The normalized spacial score (nSPS) is 26.3. The number of nitrogens with zero attached hydrogens (tertiary/aromatic N) is 1. The van der Waals surface area contributed by atoms with Crippen molar-refractivity contribution in [1.29, 1.82) is 0 Å². The lowest BCUT2D eigenvalue weighted by Crippen LogP contribution is -2.52. The molecule has 3 nitrogen and oxygen atoms in total. The molecule has 0 N–H and O–H groups in total. The highest BCUT2D eigenvalue weighted by atomic mass is 16.5. The van der Waals surface area contributed by atoms with Crippen molar-refractivity contribution in [3.05, 3.63) is 35.9 Å². The predicted octanol–water partition coefficient (Wildman–Crippen LogP) is 3.82. The fourth-order valence-electron chi connectivity index (χ4n) is 4.26. The number of methoxy groups -OCH3 is 1. The first-order chi connectivity index (χ1) is 11.1. The first-order valence-corrected chi connectivity index (χ1v) is 8.98. The molecule has 0 bridgehead atoms. The van der Waals surface area contributed by atoms with Crippen LogP contribution in [0.4, 0.5) is 0 Å². The number of amides is 1. The smallest absolute Gasteiger partial charge is 0.229 e. The molecule has 0 saturated heterocycles. The minimum Gasteiger partial charge on any atom is -0.381 e. The second-order valence-corrected chi connectivity index (χ2v) is 7.38. The third kappa shape index (κ3) is 3.45. The van der Waals surface area contributed by atoms with Crippen molar-refractivity contribution >= 4 is 5.91 Å². The maximum atomic E-state index is 13.2. The predicted molar refractivity (Wildman–Crippen MR) is 92.3 cm³/mol. The average molecular weight is 315 g/mol. The zero-order valence-electron chi connectivity index (χ0n) is 14.5. The minimum absolute atomic E-state index is 0.145. The van der Waals surface area contributed by atoms with E-state index in [9.17, 15) is 4.79 Å². The summed E-state index contributed by atoms with van der Waals surface area (Å²) in [4.78, 5) is 15.3. The van der Waals surface area contributed by atoms with Crippen LogP contribution in [0.15, 0.2) is 30.3 Å². The molecule has 0 unspecified atom stereocenters. The molecule has 0 spiro atoms. The molecule has 3 rings (SSSR count). The minimum atomic E-state index is -0.145. The Morgan fingerprint density at radius 1 is 1.17 bits per heavy atom. The van der Waals surface area contributed by atoms with Crippen molar-refractivity contribution < 1.29 is 9.53 Å². The van der Waals surface area contributed by atoms with Gasteiger partial charge in [0.15, 0.2) is 0 Å². The van der Waals surface area contributed by atoms with Crippen LogP contribution in [0.3, 0.4) is 0 Å². The molecule has 0 radical (unpaired) electrons. The van der Waals surface area contributed by atoms with Gasteiger partial charge < -0.3 is 9.64 Å². The van der Waals surface area contributed by atoms with E-state index in [-0.39, 0.29) is 5.41 Å². The molecule has 3 heteroatoms. The molecule has 0 aromatic heterocycles. The Hall–Kier alpha value is -1.35. The molecule has 0 atom stereocenters. The monoisotopic (exact) mass is 315 g/mol. The number of carbonyl (C=O) groups excluding carboxylic acids is 1. The molecule has 2 aliphatic carbocycles. The lowest BCUT2D eigenvalue weighted by Gasteiger charge is -2.45. The second kappa shape index (κ2) is 7.04.